The Morgan fingerprint density at radius 2 is 1.50 bits per heavy atom. The largest absolute Gasteiger partial charge is 0.457 e. The van der Waals surface area contributed by atoms with Gasteiger partial charge in [0.2, 0.25) is 5.91 Å². The number of para-hydroxylation sites is 1. The van der Waals surface area contributed by atoms with E-state index >= 15 is 0 Å². The topological polar surface area (TPSA) is 50.4 Å². The van der Waals surface area contributed by atoms with Gasteiger partial charge in [-0.05, 0) is 61.0 Å². The van der Waals surface area contributed by atoms with Gasteiger partial charge in [-0.15, -0.1) is 0 Å². The van der Waals surface area contributed by atoms with Crippen LogP contribution in [0.5, 0.6) is 11.5 Å². The van der Waals surface area contributed by atoms with Crippen molar-refractivity contribution in [2.45, 2.75) is 12.8 Å². The maximum absolute atomic E-state index is 13.5. The predicted octanol–water partition coefficient (Wildman–Crippen LogP) is 4.78. The summed E-state index contributed by atoms with van der Waals surface area (Å²) in [6.07, 6.45) is 0.941. The number of carbonyl (C=O) groups excluding carboxylic acids is 1. The van der Waals surface area contributed by atoms with Crippen LogP contribution >= 0.6 is 0 Å². The van der Waals surface area contributed by atoms with E-state index in [1.807, 2.05) is 60.7 Å². The van der Waals surface area contributed by atoms with Crippen molar-refractivity contribution in [1.82, 2.24) is 5.32 Å². The van der Waals surface area contributed by atoms with Gasteiger partial charge in [0.05, 0.1) is 0 Å². The van der Waals surface area contributed by atoms with Crippen LogP contribution in [0.2, 0.25) is 0 Å². The lowest BCUT2D eigenvalue weighted by Crippen LogP contribution is -2.23. The molecule has 0 saturated carbocycles. The lowest BCUT2D eigenvalue weighted by atomic mass is 10.1. The third-order valence-corrected chi connectivity index (χ3v) is 4.17. The number of anilines is 1. The lowest BCUT2D eigenvalue weighted by molar-refractivity contribution is -0.116. The average Bonchev–Trinajstić information content (AvgIpc) is 2.71. The highest BCUT2D eigenvalue weighted by molar-refractivity contribution is 5.90. The van der Waals surface area contributed by atoms with Gasteiger partial charge in [-0.25, -0.2) is 4.39 Å². The van der Waals surface area contributed by atoms with Crippen LogP contribution in [-0.4, -0.2) is 19.0 Å². The van der Waals surface area contributed by atoms with Crippen molar-refractivity contribution in [3.05, 3.63) is 90.2 Å². The van der Waals surface area contributed by atoms with Gasteiger partial charge in [0.1, 0.15) is 17.3 Å². The molecule has 0 aliphatic rings. The Balaban J connectivity index is 1.36. The molecule has 0 atom stereocenters. The van der Waals surface area contributed by atoms with Crippen LogP contribution in [0.25, 0.3) is 0 Å². The summed E-state index contributed by atoms with van der Waals surface area (Å²) in [6.45, 7) is 1.16. The molecule has 0 fully saturated rings. The molecule has 0 aromatic heterocycles. The molecule has 0 aliphatic heterocycles. The van der Waals surface area contributed by atoms with Crippen LogP contribution in [0, 0.1) is 5.82 Å². The van der Waals surface area contributed by atoms with Crippen molar-refractivity contribution in [2.75, 3.05) is 18.4 Å². The predicted molar refractivity (Wildman–Crippen MR) is 109 cm³/mol. The first kappa shape index (κ1) is 19.6. The molecule has 0 unspecified atom stereocenters. The molecule has 4 nitrogen and oxygen atoms in total. The number of hydrogen-bond donors (Lipinski definition) is 2. The standard InChI is InChI=1S/C23H23FN2O2/c24-22-9-5-4-6-18(22)14-16-25-17-15-23(27)26-19-10-12-21(13-11-19)28-20-7-2-1-3-8-20/h1-13,25H,14-17H2,(H,26,27). The number of ether oxygens (including phenoxy) is 1. The molecular weight excluding hydrogens is 355 g/mol. The Morgan fingerprint density at radius 1 is 0.821 bits per heavy atom. The maximum atomic E-state index is 13.5. The molecule has 0 spiro atoms. The molecule has 2 N–H and O–H groups in total. The van der Waals surface area contributed by atoms with Crippen LogP contribution in [0.15, 0.2) is 78.9 Å². The summed E-state index contributed by atoms with van der Waals surface area (Å²) in [6, 6.07) is 23.5. The zero-order valence-corrected chi connectivity index (χ0v) is 15.5. The molecule has 28 heavy (non-hydrogen) atoms. The molecule has 1 amide bonds. The monoisotopic (exact) mass is 378 g/mol. The smallest absolute Gasteiger partial charge is 0.225 e. The van der Waals surface area contributed by atoms with Crippen LogP contribution in [0.4, 0.5) is 10.1 Å². The summed E-state index contributed by atoms with van der Waals surface area (Å²) in [5.74, 6) is 1.21. The van der Waals surface area contributed by atoms with Gasteiger partial charge in [0.15, 0.2) is 0 Å². The minimum atomic E-state index is -0.193. The molecule has 3 aromatic carbocycles. The number of hydrogen-bond acceptors (Lipinski definition) is 3. The highest BCUT2D eigenvalue weighted by Gasteiger charge is 2.04. The van der Waals surface area contributed by atoms with Gasteiger partial charge in [0.25, 0.3) is 0 Å². The van der Waals surface area contributed by atoms with Gasteiger partial charge < -0.3 is 15.4 Å². The molecule has 0 heterocycles. The normalized spacial score (nSPS) is 10.5. The van der Waals surface area contributed by atoms with E-state index in [4.69, 9.17) is 4.74 Å². The van der Waals surface area contributed by atoms with Gasteiger partial charge in [0, 0.05) is 18.7 Å². The summed E-state index contributed by atoms with van der Waals surface area (Å²) < 4.78 is 19.2. The third-order valence-electron chi connectivity index (χ3n) is 4.17. The first-order valence-corrected chi connectivity index (χ1v) is 9.27. The molecule has 0 radical (unpaired) electrons. The van der Waals surface area contributed by atoms with E-state index in [9.17, 15) is 9.18 Å². The number of amides is 1. The van der Waals surface area contributed by atoms with E-state index < -0.39 is 0 Å². The molecule has 0 bridgehead atoms. The lowest BCUT2D eigenvalue weighted by Gasteiger charge is -2.09. The second-order valence-electron chi connectivity index (χ2n) is 6.33. The molecule has 5 heteroatoms. The Bertz CT molecular complexity index is 883. The quantitative estimate of drug-likeness (QED) is 0.527. The van der Waals surface area contributed by atoms with Crippen LogP contribution in [0.3, 0.4) is 0 Å². The summed E-state index contributed by atoms with van der Waals surface area (Å²) in [7, 11) is 0. The molecule has 0 aliphatic carbocycles. The van der Waals surface area contributed by atoms with Gasteiger partial charge in [-0.2, -0.15) is 0 Å². The number of nitrogens with one attached hydrogen (secondary N) is 2. The molecule has 0 saturated heterocycles. The first-order valence-electron chi connectivity index (χ1n) is 9.27. The fourth-order valence-electron chi connectivity index (χ4n) is 2.71. The average molecular weight is 378 g/mol. The van der Waals surface area contributed by atoms with Crippen LogP contribution < -0.4 is 15.4 Å². The van der Waals surface area contributed by atoms with Crippen molar-refractivity contribution in [1.29, 1.82) is 0 Å². The minimum absolute atomic E-state index is 0.0740. The van der Waals surface area contributed by atoms with E-state index in [2.05, 4.69) is 10.6 Å². The summed E-state index contributed by atoms with van der Waals surface area (Å²) >= 11 is 0. The van der Waals surface area contributed by atoms with Crippen LogP contribution in [0.1, 0.15) is 12.0 Å². The van der Waals surface area contributed by atoms with Gasteiger partial charge >= 0.3 is 0 Å². The number of halogens is 1. The van der Waals surface area contributed by atoms with Crippen molar-refractivity contribution >= 4 is 11.6 Å². The van der Waals surface area contributed by atoms with Crippen molar-refractivity contribution in [2.24, 2.45) is 0 Å². The Morgan fingerprint density at radius 3 is 2.25 bits per heavy atom. The van der Waals surface area contributed by atoms with E-state index in [-0.39, 0.29) is 11.7 Å². The maximum Gasteiger partial charge on any atom is 0.225 e. The van der Waals surface area contributed by atoms with Crippen molar-refractivity contribution < 1.29 is 13.9 Å². The fourth-order valence-corrected chi connectivity index (χ4v) is 2.71. The number of carbonyl (C=O) groups is 1. The molecule has 3 aromatic rings. The summed E-state index contributed by atoms with van der Waals surface area (Å²) in [4.78, 5) is 12.0. The molecule has 144 valence electrons. The van der Waals surface area contributed by atoms with Crippen molar-refractivity contribution in [3.8, 4) is 11.5 Å². The Kier molecular flexibility index (Phi) is 7.15. The number of benzene rings is 3. The second kappa shape index (κ2) is 10.2. The summed E-state index contributed by atoms with van der Waals surface area (Å²) in [5, 5.41) is 6.02. The van der Waals surface area contributed by atoms with Crippen molar-refractivity contribution in [3.63, 3.8) is 0 Å². The van der Waals surface area contributed by atoms with E-state index in [1.54, 1.807) is 12.1 Å². The zero-order valence-electron chi connectivity index (χ0n) is 15.5. The highest BCUT2D eigenvalue weighted by Crippen LogP contribution is 2.22. The molecular formula is C23H23FN2O2. The fraction of sp³-hybridized carbons (Fsp3) is 0.174. The summed E-state index contributed by atoms with van der Waals surface area (Å²) in [5.41, 5.74) is 1.40. The second-order valence-corrected chi connectivity index (χ2v) is 6.33. The van der Waals surface area contributed by atoms with E-state index in [0.717, 1.165) is 11.4 Å². The molecule has 3 rings (SSSR count). The minimum Gasteiger partial charge on any atom is -0.457 e. The Labute approximate surface area is 164 Å². The van der Waals surface area contributed by atoms with Crippen LogP contribution in [-0.2, 0) is 11.2 Å². The van der Waals surface area contributed by atoms with Gasteiger partial charge in [-0.1, -0.05) is 36.4 Å². The number of rotatable bonds is 9. The first-order chi connectivity index (χ1) is 13.7. The Hall–Kier alpha value is -3.18. The highest BCUT2D eigenvalue weighted by atomic mass is 19.1. The van der Waals surface area contributed by atoms with E-state index in [0.29, 0.717) is 37.2 Å². The van der Waals surface area contributed by atoms with Gasteiger partial charge in [-0.3, -0.25) is 4.79 Å². The SMILES string of the molecule is O=C(CCNCCc1ccccc1F)Nc1ccc(Oc2ccccc2)cc1. The third kappa shape index (κ3) is 6.21. The van der Waals surface area contributed by atoms with E-state index in [1.165, 1.54) is 6.07 Å². The zero-order chi connectivity index (χ0) is 19.6.